The number of carbonyl (C=O) groups is 2. The number of rotatable bonds is 6. The molecule has 1 aliphatic rings. The highest BCUT2D eigenvalue weighted by atomic mass is 32.2. The SMILES string of the molecule is O=Cc1c(O)cccc1OC[C@H]1CSCCN1C(=O)c1cccnc1CO. The lowest BCUT2D eigenvalue weighted by molar-refractivity contribution is 0.0643. The summed E-state index contributed by atoms with van der Waals surface area (Å²) in [6.07, 6.45) is 2.09. The third-order valence-corrected chi connectivity index (χ3v) is 5.44. The van der Waals surface area contributed by atoms with Gasteiger partial charge in [-0.2, -0.15) is 11.8 Å². The van der Waals surface area contributed by atoms with Gasteiger partial charge < -0.3 is 19.8 Å². The van der Waals surface area contributed by atoms with E-state index in [-0.39, 0.29) is 42.2 Å². The summed E-state index contributed by atoms with van der Waals surface area (Å²) in [6.45, 7) is 0.438. The number of benzene rings is 1. The maximum atomic E-state index is 13.0. The van der Waals surface area contributed by atoms with Gasteiger partial charge in [0.25, 0.3) is 5.91 Å². The summed E-state index contributed by atoms with van der Waals surface area (Å²) in [7, 11) is 0. The number of hydrogen-bond acceptors (Lipinski definition) is 7. The second-order valence-electron chi connectivity index (χ2n) is 6.00. The Morgan fingerprint density at radius 2 is 2.22 bits per heavy atom. The number of ether oxygens (including phenoxy) is 1. The van der Waals surface area contributed by atoms with Gasteiger partial charge in [-0.3, -0.25) is 14.6 Å². The van der Waals surface area contributed by atoms with E-state index in [0.717, 1.165) is 5.75 Å². The summed E-state index contributed by atoms with van der Waals surface area (Å²) in [4.78, 5) is 30.0. The molecular weight excluding hydrogens is 368 g/mol. The summed E-state index contributed by atoms with van der Waals surface area (Å²) in [5, 5.41) is 19.2. The van der Waals surface area contributed by atoms with Crippen LogP contribution in [0.4, 0.5) is 0 Å². The van der Waals surface area contributed by atoms with E-state index in [1.54, 1.807) is 40.9 Å². The van der Waals surface area contributed by atoms with E-state index in [1.807, 2.05) is 0 Å². The van der Waals surface area contributed by atoms with Crippen LogP contribution in [0.5, 0.6) is 11.5 Å². The maximum absolute atomic E-state index is 13.0. The Balaban J connectivity index is 1.77. The fourth-order valence-electron chi connectivity index (χ4n) is 2.94. The van der Waals surface area contributed by atoms with Crippen molar-refractivity contribution in [2.45, 2.75) is 12.6 Å². The van der Waals surface area contributed by atoms with Gasteiger partial charge >= 0.3 is 0 Å². The number of thioether (sulfide) groups is 1. The fourth-order valence-corrected chi connectivity index (χ4v) is 3.98. The second kappa shape index (κ2) is 8.88. The molecule has 1 amide bonds. The minimum atomic E-state index is -0.308. The van der Waals surface area contributed by atoms with Crippen LogP contribution in [0.25, 0.3) is 0 Å². The van der Waals surface area contributed by atoms with E-state index in [1.165, 1.54) is 12.3 Å². The molecule has 1 saturated heterocycles. The normalized spacial score (nSPS) is 16.8. The molecule has 1 atom stereocenters. The molecule has 0 spiro atoms. The number of phenolic OH excluding ortho intramolecular Hbond substituents is 1. The Bertz CT molecular complexity index is 829. The number of aromatic hydroxyl groups is 1. The monoisotopic (exact) mass is 388 g/mol. The zero-order chi connectivity index (χ0) is 19.2. The van der Waals surface area contributed by atoms with E-state index in [0.29, 0.717) is 29.8 Å². The van der Waals surface area contributed by atoms with Crippen molar-refractivity contribution in [2.75, 3.05) is 24.7 Å². The average molecular weight is 388 g/mol. The van der Waals surface area contributed by atoms with E-state index < -0.39 is 0 Å². The van der Waals surface area contributed by atoms with Crippen LogP contribution in [-0.2, 0) is 6.61 Å². The number of pyridine rings is 1. The predicted molar refractivity (Wildman–Crippen MR) is 101 cm³/mol. The largest absolute Gasteiger partial charge is 0.507 e. The van der Waals surface area contributed by atoms with Crippen molar-refractivity contribution in [1.29, 1.82) is 0 Å². The Hall–Kier alpha value is -2.58. The quantitative estimate of drug-likeness (QED) is 0.727. The molecule has 7 nitrogen and oxygen atoms in total. The molecule has 1 aromatic heterocycles. The van der Waals surface area contributed by atoms with E-state index in [9.17, 15) is 19.8 Å². The van der Waals surface area contributed by atoms with Gasteiger partial charge in [-0.15, -0.1) is 0 Å². The van der Waals surface area contributed by atoms with Crippen molar-refractivity contribution < 1.29 is 24.5 Å². The highest BCUT2D eigenvalue weighted by Gasteiger charge is 2.30. The summed E-state index contributed by atoms with van der Waals surface area (Å²) < 4.78 is 5.76. The first-order chi connectivity index (χ1) is 13.2. The zero-order valence-corrected chi connectivity index (χ0v) is 15.4. The number of aromatic nitrogens is 1. The molecular formula is C19H20N2O5S. The van der Waals surface area contributed by atoms with Crippen molar-refractivity contribution in [1.82, 2.24) is 9.88 Å². The molecule has 2 aromatic rings. The lowest BCUT2D eigenvalue weighted by atomic mass is 10.1. The molecule has 0 bridgehead atoms. The van der Waals surface area contributed by atoms with Crippen molar-refractivity contribution in [2.24, 2.45) is 0 Å². The Morgan fingerprint density at radius 3 is 3.00 bits per heavy atom. The summed E-state index contributed by atoms with van der Waals surface area (Å²) in [5.41, 5.74) is 0.813. The molecule has 1 aromatic carbocycles. The van der Waals surface area contributed by atoms with Gasteiger partial charge in [0.2, 0.25) is 0 Å². The van der Waals surface area contributed by atoms with Gasteiger partial charge in [0.15, 0.2) is 6.29 Å². The molecule has 2 heterocycles. The first-order valence-corrected chi connectivity index (χ1v) is 9.64. The molecule has 2 N–H and O–H groups in total. The summed E-state index contributed by atoms with van der Waals surface area (Å²) >= 11 is 1.72. The Labute approximate surface area is 161 Å². The van der Waals surface area contributed by atoms with Crippen molar-refractivity contribution >= 4 is 24.0 Å². The van der Waals surface area contributed by atoms with Crippen LogP contribution in [0.2, 0.25) is 0 Å². The molecule has 8 heteroatoms. The first kappa shape index (κ1) is 19.2. The first-order valence-electron chi connectivity index (χ1n) is 8.49. The highest BCUT2D eigenvalue weighted by Crippen LogP contribution is 2.27. The van der Waals surface area contributed by atoms with Crippen LogP contribution in [0.3, 0.4) is 0 Å². The lowest BCUT2D eigenvalue weighted by Crippen LogP contribution is -2.49. The minimum Gasteiger partial charge on any atom is -0.507 e. The van der Waals surface area contributed by atoms with Crippen molar-refractivity contribution in [3.63, 3.8) is 0 Å². The number of amides is 1. The molecule has 1 aliphatic heterocycles. The third-order valence-electron chi connectivity index (χ3n) is 4.35. The minimum absolute atomic E-state index is 0.0914. The number of aldehydes is 1. The molecule has 27 heavy (non-hydrogen) atoms. The topological polar surface area (TPSA) is 100.0 Å². The van der Waals surface area contributed by atoms with Crippen molar-refractivity contribution in [3.8, 4) is 11.5 Å². The highest BCUT2D eigenvalue weighted by molar-refractivity contribution is 7.99. The number of phenols is 1. The zero-order valence-electron chi connectivity index (χ0n) is 14.6. The standard InChI is InChI=1S/C19H20N2O5S/c22-9-15-17(24)4-1-5-18(15)26-11-13-12-27-8-7-21(13)19(25)14-3-2-6-20-16(14)10-23/h1-6,9,13,23-24H,7-8,10-12H2/t13-/m0/s1. The van der Waals surface area contributed by atoms with Gasteiger partial charge in [0.1, 0.15) is 18.1 Å². The molecule has 0 unspecified atom stereocenters. The summed E-state index contributed by atoms with van der Waals surface area (Å²) in [6, 6.07) is 7.74. The average Bonchev–Trinajstić information content (AvgIpc) is 2.72. The van der Waals surface area contributed by atoms with Crippen LogP contribution in [0.15, 0.2) is 36.5 Å². The number of hydrogen-bond donors (Lipinski definition) is 2. The van der Waals surface area contributed by atoms with Gasteiger partial charge in [0.05, 0.1) is 29.5 Å². The van der Waals surface area contributed by atoms with Gasteiger partial charge in [-0.25, -0.2) is 0 Å². The predicted octanol–water partition coefficient (Wildman–Crippen LogP) is 1.73. The number of carbonyl (C=O) groups excluding carboxylic acids is 2. The smallest absolute Gasteiger partial charge is 0.256 e. The fraction of sp³-hybridized carbons (Fsp3) is 0.316. The maximum Gasteiger partial charge on any atom is 0.256 e. The number of aliphatic hydroxyl groups is 1. The van der Waals surface area contributed by atoms with E-state index in [2.05, 4.69) is 4.98 Å². The molecule has 142 valence electrons. The van der Waals surface area contributed by atoms with Gasteiger partial charge in [0, 0.05) is 24.2 Å². The van der Waals surface area contributed by atoms with Crippen LogP contribution >= 0.6 is 11.8 Å². The summed E-state index contributed by atoms with van der Waals surface area (Å²) in [5.74, 6) is 1.44. The molecule has 0 saturated carbocycles. The molecule has 0 aliphatic carbocycles. The van der Waals surface area contributed by atoms with E-state index in [4.69, 9.17) is 4.74 Å². The second-order valence-corrected chi connectivity index (χ2v) is 7.15. The molecule has 0 radical (unpaired) electrons. The molecule has 3 rings (SSSR count). The lowest BCUT2D eigenvalue weighted by Gasteiger charge is -2.35. The number of aliphatic hydroxyl groups excluding tert-OH is 1. The van der Waals surface area contributed by atoms with Crippen LogP contribution < -0.4 is 4.74 Å². The van der Waals surface area contributed by atoms with Crippen LogP contribution in [0.1, 0.15) is 26.4 Å². The van der Waals surface area contributed by atoms with Gasteiger partial charge in [-0.1, -0.05) is 6.07 Å². The van der Waals surface area contributed by atoms with Crippen LogP contribution in [0, 0.1) is 0 Å². The Morgan fingerprint density at radius 1 is 1.37 bits per heavy atom. The third kappa shape index (κ3) is 4.23. The van der Waals surface area contributed by atoms with Crippen LogP contribution in [-0.4, -0.2) is 63.0 Å². The Kier molecular flexibility index (Phi) is 6.31. The molecule has 1 fully saturated rings. The van der Waals surface area contributed by atoms with Crippen molar-refractivity contribution in [3.05, 3.63) is 53.3 Å². The number of nitrogens with zero attached hydrogens (tertiary/aromatic N) is 2. The van der Waals surface area contributed by atoms with Gasteiger partial charge in [-0.05, 0) is 24.3 Å². The van der Waals surface area contributed by atoms with E-state index >= 15 is 0 Å².